The molecule has 0 aliphatic heterocycles. The van der Waals surface area contributed by atoms with Crippen molar-refractivity contribution in [1.29, 1.82) is 5.26 Å². The third-order valence-corrected chi connectivity index (χ3v) is 4.38. The lowest BCUT2D eigenvalue weighted by molar-refractivity contribution is 0.601. The van der Waals surface area contributed by atoms with E-state index in [0.717, 1.165) is 0 Å². The molecule has 1 heterocycles. The van der Waals surface area contributed by atoms with Crippen LogP contribution in [0.2, 0.25) is 0 Å². The van der Waals surface area contributed by atoms with Crippen LogP contribution < -0.4 is 4.72 Å². The zero-order chi connectivity index (χ0) is 14.8. The maximum absolute atomic E-state index is 12.2. The first-order valence-corrected chi connectivity index (χ1v) is 7.86. The quantitative estimate of drug-likeness (QED) is 0.861. The van der Waals surface area contributed by atoms with Crippen molar-refractivity contribution in [2.75, 3.05) is 4.72 Å². The summed E-state index contributed by atoms with van der Waals surface area (Å²) in [6.07, 6.45) is 0. The fourth-order valence-corrected chi connectivity index (χ4v) is 3.02. The number of halogens is 1. The summed E-state index contributed by atoms with van der Waals surface area (Å²) >= 11 is 3.17. The predicted octanol–water partition coefficient (Wildman–Crippen LogP) is 2.83. The molecular formula is C13H10BrN3O2S. The third kappa shape index (κ3) is 3.15. The second-order valence-electron chi connectivity index (χ2n) is 4.04. The number of nitriles is 1. The number of hydrogen-bond donors (Lipinski definition) is 1. The van der Waals surface area contributed by atoms with E-state index in [1.165, 1.54) is 18.2 Å². The van der Waals surface area contributed by atoms with Gasteiger partial charge in [-0.25, -0.2) is 13.4 Å². The summed E-state index contributed by atoms with van der Waals surface area (Å²) in [5, 5.41) is 8.85. The minimum absolute atomic E-state index is 0.0933. The molecule has 20 heavy (non-hydrogen) atoms. The summed E-state index contributed by atoms with van der Waals surface area (Å²) in [5.41, 5.74) is 1.06. The van der Waals surface area contributed by atoms with Gasteiger partial charge >= 0.3 is 0 Å². The molecule has 0 atom stereocenters. The van der Waals surface area contributed by atoms with Crippen LogP contribution in [0.1, 0.15) is 11.1 Å². The molecule has 1 aromatic carbocycles. The Labute approximate surface area is 125 Å². The maximum atomic E-state index is 12.2. The van der Waals surface area contributed by atoms with Crippen LogP contribution in [-0.2, 0) is 10.0 Å². The minimum Gasteiger partial charge on any atom is -0.263 e. The summed E-state index contributed by atoms with van der Waals surface area (Å²) in [4.78, 5) is 4.11. The van der Waals surface area contributed by atoms with E-state index >= 15 is 0 Å². The highest BCUT2D eigenvalue weighted by atomic mass is 79.9. The van der Waals surface area contributed by atoms with Crippen molar-refractivity contribution < 1.29 is 8.42 Å². The SMILES string of the molecule is Cc1cc(S(=O)(=O)Nc2cccc(Br)n2)ccc1C#N. The number of nitrogens with one attached hydrogen (secondary N) is 1. The Morgan fingerprint density at radius 3 is 2.65 bits per heavy atom. The molecule has 0 bridgehead atoms. The molecular weight excluding hydrogens is 342 g/mol. The van der Waals surface area contributed by atoms with Crippen LogP contribution in [0, 0.1) is 18.3 Å². The summed E-state index contributed by atoms with van der Waals surface area (Å²) in [6.45, 7) is 1.69. The van der Waals surface area contributed by atoms with Gasteiger partial charge in [-0.3, -0.25) is 4.72 Å². The van der Waals surface area contributed by atoms with Gasteiger partial charge in [-0.05, 0) is 58.7 Å². The molecule has 5 nitrogen and oxygen atoms in total. The van der Waals surface area contributed by atoms with Crippen molar-refractivity contribution >= 4 is 31.8 Å². The maximum Gasteiger partial charge on any atom is 0.263 e. The topological polar surface area (TPSA) is 82.8 Å². The van der Waals surface area contributed by atoms with Gasteiger partial charge in [0.2, 0.25) is 0 Å². The lowest BCUT2D eigenvalue weighted by atomic mass is 10.1. The zero-order valence-electron chi connectivity index (χ0n) is 10.5. The van der Waals surface area contributed by atoms with Gasteiger partial charge in [-0.1, -0.05) is 6.07 Å². The summed E-state index contributed by atoms with van der Waals surface area (Å²) in [7, 11) is -3.72. The van der Waals surface area contributed by atoms with Gasteiger partial charge in [0.05, 0.1) is 16.5 Å². The zero-order valence-corrected chi connectivity index (χ0v) is 12.9. The number of aryl methyl sites for hydroxylation is 1. The van der Waals surface area contributed by atoms with Crippen LogP contribution in [0.4, 0.5) is 5.82 Å². The average Bonchev–Trinajstić information content (AvgIpc) is 2.38. The number of nitrogens with zero attached hydrogens (tertiary/aromatic N) is 2. The first kappa shape index (κ1) is 14.5. The molecule has 1 aromatic heterocycles. The second-order valence-corrected chi connectivity index (χ2v) is 6.53. The molecule has 0 spiro atoms. The molecule has 0 unspecified atom stereocenters. The van der Waals surface area contributed by atoms with Gasteiger partial charge in [-0.2, -0.15) is 5.26 Å². The van der Waals surface area contributed by atoms with Crippen molar-refractivity contribution in [1.82, 2.24) is 4.98 Å². The van der Waals surface area contributed by atoms with E-state index in [0.29, 0.717) is 15.7 Å². The normalized spacial score (nSPS) is 10.8. The molecule has 102 valence electrons. The molecule has 2 rings (SSSR count). The Kier molecular flexibility index (Phi) is 4.06. The van der Waals surface area contributed by atoms with Crippen molar-refractivity contribution in [3.8, 4) is 6.07 Å². The van der Waals surface area contributed by atoms with Crippen LogP contribution >= 0.6 is 15.9 Å². The molecule has 0 aliphatic carbocycles. The molecule has 1 N–H and O–H groups in total. The van der Waals surface area contributed by atoms with Gasteiger partial charge in [0, 0.05) is 0 Å². The molecule has 0 saturated heterocycles. The average molecular weight is 352 g/mol. The highest BCUT2D eigenvalue weighted by molar-refractivity contribution is 9.10. The number of pyridine rings is 1. The van der Waals surface area contributed by atoms with Crippen LogP contribution in [0.5, 0.6) is 0 Å². The van der Waals surface area contributed by atoms with Crippen molar-refractivity contribution in [3.63, 3.8) is 0 Å². The van der Waals surface area contributed by atoms with Gasteiger partial charge in [0.1, 0.15) is 10.4 Å². The number of sulfonamides is 1. The van der Waals surface area contributed by atoms with E-state index in [1.807, 2.05) is 6.07 Å². The first-order chi connectivity index (χ1) is 9.42. The van der Waals surface area contributed by atoms with Crippen LogP contribution in [-0.4, -0.2) is 13.4 Å². The summed E-state index contributed by atoms with van der Waals surface area (Å²) < 4.78 is 27.4. The number of aromatic nitrogens is 1. The smallest absolute Gasteiger partial charge is 0.263 e. The minimum atomic E-state index is -3.72. The van der Waals surface area contributed by atoms with Gasteiger partial charge in [0.15, 0.2) is 0 Å². The predicted molar refractivity (Wildman–Crippen MR) is 78.6 cm³/mol. The van der Waals surface area contributed by atoms with Crippen molar-refractivity contribution in [2.45, 2.75) is 11.8 Å². The molecule has 7 heteroatoms. The second kappa shape index (κ2) is 5.61. The van der Waals surface area contributed by atoms with E-state index in [2.05, 4.69) is 25.6 Å². The van der Waals surface area contributed by atoms with Gasteiger partial charge in [-0.15, -0.1) is 0 Å². The Bertz CT molecular complexity index is 798. The Morgan fingerprint density at radius 1 is 1.30 bits per heavy atom. The van der Waals surface area contributed by atoms with E-state index in [1.54, 1.807) is 25.1 Å². The van der Waals surface area contributed by atoms with Gasteiger partial charge < -0.3 is 0 Å². The number of benzene rings is 1. The lowest BCUT2D eigenvalue weighted by Crippen LogP contribution is -2.14. The van der Waals surface area contributed by atoms with Crippen LogP contribution in [0.25, 0.3) is 0 Å². The Hall–Kier alpha value is -1.91. The van der Waals surface area contributed by atoms with Gasteiger partial charge in [0.25, 0.3) is 10.0 Å². The Morgan fingerprint density at radius 2 is 2.05 bits per heavy atom. The highest BCUT2D eigenvalue weighted by Gasteiger charge is 2.16. The largest absolute Gasteiger partial charge is 0.263 e. The number of hydrogen-bond acceptors (Lipinski definition) is 4. The molecule has 0 saturated carbocycles. The highest BCUT2D eigenvalue weighted by Crippen LogP contribution is 2.18. The fourth-order valence-electron chi connectivity index (χ4n) is 1.59. The van der Waals surface area contributed by atoms with Crippen LogP contribution in [0.3, 0.4) is 0 Å². The molecule has 2 aromatic rings. The Balaban J connectivity index is 2.36. The van der Waals surface area contributed by atoms with Crippen molar-refractivity contribution in [2.24, 2.45) is 0 Å². The monoisotopic (exact) mass is 351 g/mol. The molecule has 0 amide bonds. The van der Waals surface area contributed by atoms with Crippen LogP contribution in [0.15, 0.2) is 45.9 Å². The van der Waals surface area contributed by atoms with E-state index in [9.17, 15) is 8.42 Å². The van der Waals surface area contributed by atoms with E-state index in [4.69, 9.17) is 5.26 Å². The molecule has 0 aliphatic rings. The fraction of sp³-hybridized carbons (Fsp3) is 0.0769. The molecule has 0 fully saturated rings. The third-order valence-electron chi connectivity index (χ3n) is 2.58. The summed E-state index contributed by atoms with van der Waals surface area (Å²) in [5.74, 6) is 0.224. The summed E-state index contributed by atoms with van der Waals surface area (Å²) in [6, 6.07) is 11.3. The van der Waals surface area contributed by atoms with E-state index in [-0.39, 0.29) is 10.7 Å². The number of anilines is 1. The molecule has 0 radical (unpaired) electrons. The van der Waals surface area contributed by atoms with E-state index < -0.39 is 10.0 Å². The lowest BCUT2D eigenvalue weighted by Gasteiger charge is -2.08. The van der Waals surface area contributed by atoms with Crippen molar-refractivity contribution in [3.05, 3.63) is 52.1 Å². The first-order valence-electron chi connectivity index (χ1n) is 5.58. The standard InChI is InChI=1S/C13H10BrN3O2S/c1-9-7-11(6-5-10(9)8-15)20(18,19)17-13-4-2-3-12(14)16-13/h2-7H,1H3,(H,16,17). The number of rotatable bonds is 3.